The van der Waals surface area contributed by atoms with Gasteiger partial charge in [-0.05, 0) is 72.9 Å². The van der Waals surface area contributed by atoms with Gasteiger partial charge in [0.25, 0.3) is 5.56 Å². The molecule has 2 fully saturated rings. The van der Waals surface area contributed by atoms with Crippen molar-refractivity contribution < 1.29 is 4.74 Å². The third-order valence-corrected chi connectivity index (χ3v) is 7.41. The van der Waals surface area contributed by atoms with E-state index >= 15 is 0 Å². The van der Waals surface area contributed by atoms with Crippen LogP contribution < -0.4 is 5.56 Å². The van der Waals surface area contributed by atoms with Crippen molar-refractivity contribution in [2.45, 2.75) is 32.2 Å². The normalized spacial score (nSPS) is 24.6. The molecule has 4 heterocycles. The number of fused-ring (bicyclic) bond motifs is 2. The van der Waals surface area contributed by atoms with Crippen LogP contribution in [0.2, 0.25) is 0 Å². The number of likely N-dealkylation sites (tertiary alicyclic amines) is 1. The van der Waals surface area contributed by atoms with Gasteiger partial charge in [-0.15, -0.1) is 0 Å². The number of nitrogens with zero attached hydrogens (tertiary/aromatic N) is 3. The van der Waals surface area contributed by atoms with E-state index in [1.807, 2.05) is 6.07 Å². The molecule has 0 saturated carbocycles. The van der Waals surface area contributed by atoms with Gasteiger partial charge in [0.1, 0.15) is 0 Å². The number of hydrogen-bond acceptors (Lipinski definition) is 4. The molecule has 2 atom stereocenters. The van der Waals surface area contributed by atoms with E-state index in [0.29, 0.717) is 23.7 Å². The predicted molar refractivity (Wildman–Crippen MR) is 121 cm³/mol. The first kappa shape index (κ1) is 19.0. The number of aromatic amines is 1. The maximum absolute atomic E-state index is 12.3. The third kappa shape index (κ3) is 3.25. The molecule has 2 saturated heterocycles. The molecule has 1 N–H and O–H groups in total. The van der Waals surface area contributed by atoms with Gasteiger partial charge in [-0.1, -0.05) is 12.1 Å². The van der Waals surface area contributed by atoms with Crippen molar-refractivity contribution in [2.24, 2.45) is 11.8 Å². The van der Waals surface area contributed by atoms with E-state index in [1.54, 1.807) is 22.9 Å². The van der Waals surface area contributed by atoms with E-state index in [4.69, 9.17) is 4.74 Å². The van der Waals surface area contributed by atoms with Gasteiger partial charge < -0.3 is 4.74 Å². The summed E-state index contributed by atoms with van der Waals surface area (Å²) in [6.45, 7) is 6.37. The summed E-state index contributed by atoms with van der Waals surface area (Å²) in [5.74, 6) is 2.04. The lowest BCUT2D eigenvalue weighted by molar-refractivity contribution is 0.0406. The lowest BCUT2D eigenvalue weighted by Crippen LogP contribution is -2.38. The first-order valence-electron chi connectivity index (χ1n) is 11.4. The Hall–Kier alpha value is -2.70. The smallest absolute Gasteiger partial charge is 0.256 e. The number of benzene rings is 1. The van der Waals surface area contributed by atoms with Gasteiger partial charge >= 0.3 is 0 Å². The minimum absolute atomic E-state index is 0.0687. The highest BCUT2D eigenvalue weighted by Crippen LogP contribution is 2.43. The maximum Gasteiger partial charge on any atom is 0.256 e. The SMILES string of the molecule is Cc1cc2[nH]nc(-n3ccccc3=O)c2cc1C1=C[C@@H]2CN(C3CCOCC3)C[C@@H]2C1. The molecule has 6 rings (SSSR count). The minimum atomic E-state index is -0.0687. The zero-order valence-electron chi connectivity index (χ0n) is 17.9. The number of rotatable bonds is 3. The number of H-pyrrole nitrogens is 1. The van der Waals surface area contributed by atoms with Crippen molar-refractivity contribution in [3.05, 3.63) is 64.1 Å². The zero-order chi connectivity index (χ0) is 20.9. The maximum atomic E-state index is 12.3. The fourth-order valence-corrected chi connectivity index (χ4v) is 5.78. The molecule has 3 aromatic rings. The van der Waals surface area contributed by atoms with Gasteiger partial charge in [0.15, 0.2) is 5.82 Å². The van der Waals surface area contributed by atoms with Crippen molar-refractivity contribution in [3.8, 4) is 5.82 Å². The standard InChI is InChI=1S/C25H28N4O2/c1-16-10-23-22(25(27-26-23)29-7-3-2-4-24(29)30)13-21(16)17-11-18-14-28(15-19(18)12-17)20-5-8-31-9-6-20/h2-4,7,10-11,13,18-20H,5-6,8-9,12,14-15H2,1H3,(H,26,27)/t18-,19+/m1/s1. The number of pyridine rings is 1. The summed E-state index contributed by atoms with van der Waals surface area (Å²) in [4.78, 5) is 15.1. The quantitative estimate of drug-likeness (QED) is 0.709. The molecule has 0 bridgehead atoms. The number of aryl methyl sites for hydroxylation is 1. The molecule has 6 heteroatoms. The van der Waals surface area contributed by atoms with E-state index in [1.165, 1.54) is 42.6 Å². The Balaban J connectivity index is 1.32. The summed E-state index contributed by atoms with van der Waals surface area (Å²) in [6, 6.07) is 10.3. The fraction of sp³-hybridized carbons (Fsp3) is 0.440. The number of hydrogen-bond donors (Lipinski definition) is 1. The largest absolute Gasteiger partial charge is 0.381 e. The molecule has 6 nitrogen and oxygen atoms in total. The van der Waals surface area contributed by atoms with Crippen LogP contribution in [-0.4, -0.2) is 52.0 Å². The molecule has 0 spiro atoms. The number of nitrogens with one attached hydrogen (secondary N) is 1. The molecule has 160 valence electrons. The lowest BCUT2D eigenvalue weighted by atomic mass is 9.95. The van der Waals surface area contributed by atoms with Gasteiger partial charge in [-0.2, -0.15) is 5.10 Å². The summed E-state index contributed by atoms with van der Waals surface area (Å²) < 4.78 is 7.16. The van der Waals surface area contributed by atoms with Gasteiger partial charge in [-0.25, -0.2) is 0 Å². The van der Waals surface area contributed by atoms with Crippen molar-refractivity contribution in [1.29, 1.82) is 0 Å². The molecule has 31 heavy (non-hydrogen) atoms. The molecule has 2 aromatic heterocycles. The third-order valence-electron chi connectivity index (χ3n) is 7.41. The summed E-state index contributed by atoms with van der Waals surface area (Å²) in [6.07, 6.45) is 7.78. The van der Waals surface area contributed by atoms with Crippen molar-refractivity contribution >= 4 is 16.5 Å². The van der Waals surface area contributed by atoms with Crippen LogP contribution in [0.3, 0.4) is 0 Å². The predicted octanol–water partition coefficient (Wildman–Crippen LogP) is 3.54. The fourth-order valence-electron chi connectivity index (χ4n) is 5.78. The zero-order valence-corrected chi connectivity index (χ0v) is 17.9. The highest BCUT2D eigenvalue weighted by atomic mass is 16.5. The highest BCUT2D eigenvalue weighted by molar-refractivity contribution is 5.90. The van der Waals surface area contributed by atoms with Crippen LogP contribution in [0.1, 0.15) is 30.4 Å². The van der Waals surface area contributed by atoms with E-state index < -0.39 is 0 Å². The Morgan fingerprint density at radius 1 is 1.16 bits per heavy atom. The topological polar surface area (TPSA) is 63.2 Å². The Labute approximate surface area is 181 Å². The Morgan fingerprint density at radius 3 is 2.84 bits per heavy atom. The van der Waals surface area contributed by atoms with E-state index in [0.717, 1.165) is 30.5 Å². The van der Waals surface area contributed by atoms with Gasteiger partial charge in [0, 0.05) is 50.0 Å². The molecule has 3 aliphatic rings. The van der Waals surface area contributed by atoms with Crippen molar-refractivity contribution in [3.63, 3.8) is 0 Å². The second kappa shape index (κ2) is 7.46. The second-order valence-electron chi connectivity index (χ2n) is 9.29. The average molecular weight is 417 g/mol. The van der Waals surface area contributed by atoms with Gasteiger partial charge in [0.2, 0.25) is 0 Å². The molecule has 1 aliphatic carbocycles. The van der Waals surface area contributed by atoms with Crippen LogP contribution in [0.4, 0.5) is 0 Å². The molecule has 0 unspecified atom stereocenters. The van der Waals surface area contributed by atoms with Gasteiger partial charge in [0.05, 0.1) is 5.52 Å². The molecule has 2 aliphatic heterocycles. The van der Waals surface area contributed by atoms with E-state index in [9.17, 15) is 4.79 Å². The molecular formula is C25H28N4O2. The van der Waals surface area contributed by atoms with Crippen LogP contribution >= 0.6 is 0 Å². The number of allylic oxidation sites excluding steroid dienone is 1. The van der Waals surface area contributed by atoms with Crippen molar-refractivity contribution in [1.82, 2.24) is 19.7 Å². The molecule has 1 aromatic carbocycles. The first-order chi connectivity index (χ1) is 15.2. The lowest BCUT2D eigenvalue weighted by Gasteiger charge is -2.31. The second-order valence-corrected chi connectivity index (χ2v) is 9.29. The summed E-state index contributed by atoms with van der Waals surface area (Å²) in [5.41, 5.74) is 4.91. The monoisotopic (exact) mass is 416 g/mol. The Bertz CT molecular complexity index is 1220. The first-order valence-corrected chi connectivity index (χ1v) is 11.4. The van der Waals surface area contributed by atoms with Crippen LogP contribution in [0.15, 0.2) is 47.4 Å². The van der Waals surface area contributed by atoms with Crippen LogP contribution in [0, 0.1) is 18.8 Å². The van der Waals surface area contributed by atoms with Crippen molar-refractivity contribution in [2.75, 3.05) is 26.3 Å². The molecule has 0 radical (unpaired) electrons. The van der Waals surface area contributed by atoms with E-state index in [-0.39, 0.29) is 5.56 Å². The molecular weight excluding hydrogens is 388 g/mol. The number of ether oxygens (including phenoxy) is 1. The molecule has 0 amide bonds. The summed E-state index contributed by atoms with van der Waals surface area (Å²) in [7, 11) is 0. The average Bonchev–Trinajstić information content (AvgIpc) is 3.47. The van der Waals surface area contributed by atoms with E-state index in [2.05, 4.69) is 40.2 Å². The Morgan fingerprint density at radius 2 is 2.03 bits per heavy atom. The minimum Gasteiger partial charge on any atom is -0.381 e. The number of aromatic nitrogens is 3. The van der Waals surface area contributed by atoms with Crippen LogP contribution in [0.5, 0.6) is 0 Å². The van der Waals surface area contributed by atoms with Crippen LogP contribution in [-0.2, 0) is 4.74 Å². The highest BCUT2D eigenvalue weighted by Gasteiger charge is 2.39. The summed E-state index contributed by atoms with van der Waals surface area (Å²) >= 11 is 0. The van der Waals surface area contributed by atoms with Crippen LogP contribution in [0.25, 0.3) is 22.3 Å². The summed E-state index contributed by atoms with van der Waals surface area (Å²) in [5, 5.41) is 8.56. The Kier molecular flexibility index (Phi) is 4.58. The van der Waals surface area contributed by atoms with Gasteiger partial charge in [-0.3, -0.25) is 19.4 Å².